The molecule has 3 aromatic rings. The number of hydrogen-bond acceptors (Lipinski definition) is 4. The van der Waals surface area contributed by atoms with Gasteiger partial charge in [0.05, 0.1) is 16.1 Å². The van der Waals surface area contributed by atoms with Crippen molar-refractivity contribution >= 4 is 34.4 Å². The van der Waals surface area contributed by atoms with E-state index in [0.717, 1.165) is 41.3 Å². The van der Waals surface area contributed by atoms with E-state index in [1.807, 2.05) is 35.2 Å². The molecule has 0 spiro atoms. The number of H-pyrrole nitrogens is 1. The van der Waals surface area contributed by atoms with Crippen LogP contribution >= 0.6 is 11.6 Å². The predicted octanol–water partition coefficient (Wildman–Crippen LogP) is 3.34. The molecular weight excluding hydrogens is 350 g/mol. The second kappa shape index (κ2) is 6.61. The number of benzene rings is 1. The fraction of sp³-hybridized carbons (Fsp3) is 0.316. The van der Waals surface area contributed by atoms with Gasteiger partial charge in [0.25, 0.3) is 0 Å². The third-order valence-electron chi connectivity index (χ3n) is 4.84. The maximum Gasteiger partial charge on any atom is 0.219 e. The monoisotopic (exact) mass is 369 g/mol. The Morgan fingerprint density at radius 3 is 2.85 bits per heavy atom. The van der Waals surface area contributed by atoms with E-state index in [4.69, 9.17) is 11.6 Å². The number of hydrogen-bond donors (Lipinski definition) is 1. The Hall–Kier alpha value is -2.60. The number of piperazine rings is 1. The third-order valence-corrected chi connectivity index (χ3v) is 5.14. The number of halogens is 1. The molecule has 134 valence electrons. The molecule has 6 nitrogen and oxygen atoms in total. The van der Waals surface area contributed by atoms with Crippen LogP contribution < -0.4 is 4.90 Å². The molecule has 1 atom stereocenters. The van der Waals surface area contributed by atoms with E-state index in [1.54, 1.807) is 13.1 Å². The first-order valence-electron chi connectivity index (χ1n) is 8.66. The minimum absolute atomic E-state index is 0.115. The Bertz CT molecular complexity index is 936. The minimum Gasteiger partial charge on any atom is -0.353 e. The number of nitrogens with zero attached hydrogens (tertiary/aromatic N) is 4. The van der Waals surface area contributed by atoms with E-state index in [-0.39, 0.29) is 11.9 Å². The molecule has 0 aliphatic carbocycles. The molecule has 1 aliphatic rings. The lowest BCUT2D eigenvalue weighted by Gasteiger charge is -2.40. The fourth-order valence-electron chi connectivity index (χ4n) is 3.50. The number of aromatic nitrogens is 3. The molecular formula is C19H20ClN5O. The maximum absolute atomic E-state index is 11.7. The quantitative estimate of drug-likeness (QED) is 0.752. The first-order valence-corrected chi connectivity index (χ1v) is 9.03. The third kappa shape index (κ3) is 3.01. The SMILES string of the molecule is CC(=O)N1CCN(c2cc(-c3nc4ccccc4[nH]3)c(Cl)cn2)C[C@@H]1C. The van der Waals surface area contributed by atoms with Crippen molar-refractivity contribution in [2.75, 3.05) is 24.5 Å². The molecule has 2 aromatic heterocycles. The van der Waals surface area contributed by atoms with Crippen LogP contribution in [0, 0.1) is 0 Å². The van der Waals surface area contributed by atoms with E-state index in [1.165, 1.54) is 0 Å². The highest BCUT2D eigenvalue weighted by molar-refractivity contribution is 6.33. The van der Waals surface area contributed by atoms with E-state index < -0.39 is 0 Å². The summed E-state index contributed by atoms with van der Waals surface area (Å²) in [4.78, 5) is 28.2. The van der Waals surface area contributed by atoms with Gasteiger partial charge in [0, 0.05) is 44.4 Å². The van der Waals surface area contributed by atoms with E-state index in [2.05, 4.69) is 26.8 Å². The number of nitrogens with one attached hydrogen (secondary N) is 1. The summed E-state index contributed by atoms with van der Waals surface area (Å²) in [5, 5.41) is 0.559. The van der Waals surface area contributed by atoms with Crippen LogP contribution in [0.3, 0.4) is 0 Å². The van der Waals surface area contributed by atoms with E-state index >= 15 is 0 Å². The van der Waals surface area contributed by atoms with Crippen molar-refractivity contribution in [2.45, 2.75) is 19.9 Å². The predicted molar refractivity (Wildman–Crippen MR) is 103 cm³/mol. The number of carbonyl (C=O) groups excluding carboxylic acids is 1. The van der Waals surface area contributed by atoms with Crippen LogP contribution in [0.1, 0.15) is 13.8 Å². The van der Waals surface area contributed by atoms with Gasteiger partial charge in [0.1, 0.15) is 11.6 Å². The van der Waals surface area contributed by atoms with Gasteiger partial charge in [0.2, 0.25) is 5.91 Å². The van der Waals surface area contributed by atoms with Crippen LogP contribution in [0.5, 0.6) is 0 Å². The maximum atomic E-state index is 11.7. The minimum atomic E-state index is 0.115. The van der Waals surface area contributed by atoms with E-state index in [9.17, 15) is 4.79 Å². The van der Waals surface area contributed by atoms with Gasteiger partial charge >= 0.3 is 0 Å². The van der Waals surface area contributed by atoms with Gasteiger partial charge in [0.15, 0.2) is 0 Å². The average Bonchev–Trinajstić information content (AvgIpc) is 3.05. The Morgan fingerprint density at radius 2 is 2.12 bits per heavy atom. The molecule has 3 heterocycles. The van der Waals surface area contributed by atoms with E-state index in [0.29, 0.717) is 11.6 Å². The van der Waals surface area contributed by atoms with Gasteiger partial charge in [-0.3, -0.25) is 4.79 Å². The van der Waals surface area contributed by atoms with Crippen molar-refractivity contribution in [3.05, 3.63) is 41.6 Å². The number of pyridine rings is 1. The zero-order chi connectivity index (χ0) is 18.3. The Labute approximate surface area is 156 Å². The van der Waals surface area contributed by atoms with Gasteiger partial charge in [-0.05, 0) is 25.1 Å². The average molecular weight is 370 g/mol. The van der Waals surface area contributed by atoms with Crippen molar-refractivity contribution in [2.24, 2.45) is 0 Å². The molecule has 0 bridgehead atoms. The Kier molecular flexibility index (Phi) is 4.28. The zero-order valence-corrected chi connectivity index (χ0v) is 15.5. The topological polar surface area (TPSA) is 65.1 Å². The lowest BCUT2D eigenvalue weighted by Crippen LogP contribution is -2.53. The van der Waals surface area contributed by atoms with Gasteiger partial charge < -0.3 is 14.8 Å². The van der Waals surface area contributed by atoms with Gasteiger partial charge in [-0.25, -0.2) is 9.97 Å². The number of anilines is 1. The second-order valence-electron chi connectivity index (χ2n) is 6.63. The summed E-state index contributed by atoms with van der Waals surface area (Å²) in [6.07, 6.45) is 1.67. The zero-order valence-electron chi connectivity index (χ0n) is 14.7. The standard InChI is InChI=1S/C19H20ClN5O/c1-12-11-24(7-8-25(12)13(2)26)18-9-14(15(20)10-21-18)19-22-16-5-3-4-6-17(16)23-19/h3-6,9-10,12H,7-8,11H2,1-2H3,(H,22,23)/t12-/m0/s1. The van der Waals surface area contributed by atoms with Crippen LogP contribution in [0.4, 0.5) is 5.82 Å². The van der Waals surface area contributed by atoms with Gasteiger partial charge in [-0.1, -0.05) is 23.7 Å². The summed E-state index contributed by atoms with van der Waals surface area (Å²) < 4.78 is 0. The van der Waals surface area contributed by atoms with Gasteiger partial charge in [-0.15, -0.1) is 0 Å². The number of fused-ring (bicyclic) bond motifs is 1. The summed E-state index contributed by atoms with van der Waals surface area (Å²) in [7, 11) is 0. The molecule has 0 radical (unpaired) electrons. The summed E-state index contributed by atoms with van der Waals surface area (Å²) in [5.74, 6) is 1.69. The lowest BCUT2D eigenvalue weighted by atomic mass is 10.1. The number of imidazole rings is 1. The van der Waals surface area contributed by atoms with Crippen LogP contribution in [0.25, 0.3) is 22.4 Å². The van der Waals surface area contributed by atoms with Gasteiger partial charge in [-0.2, -0.15) is 0 Å². The number of carbonyl (C=O) groups is 1. The summed E-state index contributed by atoms with van der Waals surface area (Å²) >= 11 is 6.40. The number of aromatic amines is 1. The Balaban J connectivity index is 1.65. The van der Waals surface area contributed by atoms with Crippen LogP contribution in [-0.2, 0) is 4.79 Å². The smallest absolute Gasteiger partial charge is 0.219 e. The summed E-state index contributed by atoms with van der Waals surface area (Å²) in [6.45, 7) is 5.86. The lowest BCUT2D eigenvalue weighted by molar-refractivity contribution is -0.131. The number of rotatable bonds is 2. The molecule has 0 unspecified atom stereocenters. The van der Waals surface area contributed by atoms with Crippen molar-refractivity contribution in [3.63, 3.8) is 0 Å². The first kappa shape index (κ1) is 16.8. The summed E-state index contributed by atoms with van der Waals surface area (Å²) in [6, 6.07) is 10.0. The highest BCUT2D eigenvalue weighted by Gasteiger charge is 2.26. The summed E-state index contributed by atoms with van der Waals surface area (Å²) in [5.41, 5.74) is 2.70. The van der Waals surface area contributed by atoms with Crippen LogP contribution in [-0.4, -0.2) is 51.4 Å². The fourth-order valence-corrected chi connectivity index (χ4v) is 3.69. The molecule has 1 aliphatic heterocycles. The molecule has 1 amide bonds. The highest BCUT2D eigenvalue weighted by atomic mass is 35.5. The second-order valence-corrected chi connectivity index (χ2v) is 7.04. The largest absolute Gasteiger partial charge is 0.353 e. The highest BCUT2D eigenvalue weighted by Crippen LogP contribution is 2.30. The Morgan fingerprint density at radius 1 is 1.31 bits per heavy atom. The number of para-hydroxylation sites is 2. The normalized spacial score (nSPS) is 17.7. The number of amides is 1. The molecule has 7 heteroatoms. The molecule has 1 fully saturated rings. The van der Waals surface area contributed by atoms with Crippen LogP contribution in [0.15, 0.2) is 36.5 Å². The van der Waals surface area contributed by atoms with Crippen molar-refractivity contribution in [1.82, 2.24) is 19.9 Å². The van der Waals surface area contributed by atoms with Crippen LogP contribution in [0.2, 0.25) is 5.02 Å². The molecule has 0 saturated carbocycles. The van der Waals surface area contributed by atoms with Crippen molar-refractivity contribution < 1.29 is 4.79 Å². The first-order chi connectivity index (χ1) is 12.5. The molecule has 1 aromatic carbocycles. The molecule has 1 saturated heterocycles. The molecule has 1 N–H and O–H groups in total. The molecule has 4 rings (SSSR count). The van der Waals surface area contributed by atoms with Crippen molar-refractivity contribution in [1.29, 1.82) is 0 Å². The van der Waals surface area contributed by atoms with Crippen molar-refractivity contribution in [3.8, 4) is 11.4 Å². The molecule has 26 heavy (non-hydrogen) atoms.